The number of amides is 1. The Bertz CT molecular complexity index is 1050. The van der Waals surface area contributed by atoms with E-state index >= 15 is 0 Å². The van der Waals surface area contributed by atoms with Gasteiger partial charge in [0.2, 0.25) is 0 Å². The number of H-pyrrole nitrogens is 1. The van der Waals surface area contributed by atoms with Crippen LogP contribution in [0.15, 0.2) is 67.3 Å². The third-order valence-corrected chi connectivity index (χ3v) is 4.19. The average Bonchev–Trinajstić information content (AvgIpc) is 3.13. The number of hydrogen-bond donors (Lipinski definition) is 2. The van der Waals surface area contributed by atoms with Gasteiger partial charge in [0.25, 0.3) is 5.91 Å². The molecule has 2 N–H and O–H groups in total. The summed E-state index contributed by atoms with van der Waals surface area (Å²) in [6.45, 7) is 1.97. The molecular formula is C20H16N4O. The zero-order valence-electron chi connectivity index (χ0n) is 13.7. The van der Waals surface area contributed by atoms with Crippen LogP contribution in [0.4, 0.5) is 5.69 Å². The fourth-order valence-corrected chi connectivity index (χ4v) is 2.82. The summed E-state index contributed by atoms with van der Waals surface area (Å²) in [4.78, 5) is 24.2. The highest BCUT2D eigenvalue weighted by Crippen LogP contribution is 2.26. The van der Waals surface area contributed by atoms with Gasteiger partial charge in [-0.15, -0.1) is 0 Å². The van der Waals surface area contributed by atoms with Crippen LogP contribution in [0.1, 0.15) is 15.9 Å². The number of anilines is 1. The molecule has 0 atom stereocenters. The van der Waals surface area contributed by atoms with Crippen molar-refractivity contribution in [1.29, 1.82) is 0 Å². The van der Waals surface area contributed by atoms with E-state index in [1.165, 1.54) is 0 Å². The van der Waals surface area contributed by atoms with E-state index in [0.29, 0.717) is 11.2 Å². The fourth-order valence-electron chi connectivity index (χ4n) is 2.82. The third-order valence-electron chi connectivity index (χ3n) is 4.19. The number of aryl methyl sites for hydroxylation is 1. The molecule has 1 aromatic carbocycles. The molecule has 3 aromatic heterocycles. The van der Waals surface area contributed by atoms with Crippen molar-refractivity contribution in [2.75, 3.05) is 5.32 Å². The average molecular weight is 328 g/mol. The molecule has 5 heteroatoms. The number of fused-ring (bicyclic) bond motifs is 1. The van der Waals surface area contributed by atoms with Crippen LogP contribution in [0, 0.1) is 6.92 Å². The Balaban J connectivity index is 1.68. The Morgan fingerprint density at radius 2 is 2.00 bits per heavy atom. The lowest BCUT2D eigenvalue weighted by Gasteiger charge is -2.11. The highest BCUT2D eigenvalue weighted by atomic mass is 16.1. The molecule has 0 unspecified atom stereocenters. The molecule has 0 spiro atoms. The van der Waals surface area contributed by atoms with Gasteiger partial charge in [0, 0.05) is 41.4 Å². The first-order valence-corrected chi connectivity index (χ1v) is 7.97. The smallest absolute Gasteiger partial charge is 0.256 e. The number of nitrogens with zero attached hydrogens (tertiary/aromatic N) is 2. The SMILES string of the molecule is Cc1ccc(-c2cccnc2)cc1NC(=O)c1ccnc2[nH]ccc12. The maximum absolute atomic E-state index is 12.8. The Labute approximate surface area is 144 Å². The summed E-state index contributed by atoms with van der Waals surface area (Å²) in [6, 6.07) is 13.5. The molecule has 0 radical (unpaired) electrons. The van der Waals surface area contributed by atoms with Crippen molar-refractivity contribution in [1.82, 2.24) is 15.0 Å². The second-order valence-electron chi connectivity index (χ2n) is 5.82. The lowest BCUT2D eigenvalue weighted by Crippen LogP contribution is -2.13. The number of hydrogen-bond acceptors (Lipinski definition) is 3. The minimum absolute atomic E-state index is 0.154. The first-order valence-electron chi connectivity index (χ1n) is 7.97. The van der Waals surface area contributed by atoms with E-state index in [1.807, 2.05) is 49.5 Å². The predicted molar refractivity (Wildman–Crippen MR) is 98.5 cm³/mol. The van der Waals surface area contributed by atoms with Gasteiger partial charge in [-0.3, -0.25) is 9.78 Å². The van der Waals surface area contributed by atoms with Crippen LogP contribution in [-0.4, -0.2) is 20.9 Å². The molecule has 0 bridgehead atoms. The lowest BCUT2D eigenvalue weighted by atomic mass is 10.0. The summed E-state index contributed by atoms with van der Waals surface area (Å²) < 4.78 is 0. The summed E-state index contributed by atoms with van der Waals surface area (Å²) >= 11 is 0. The van der Waals surface area contributed by atoms with Crippen molar-refractivity contribution in [3.63, 3.8) is 0 Å². The Kier molecular flexibility index (Phi) is 3.74. The number of benzene rings is 1. The van der Waals surface area contributed by atoms with Gasteiger partial charge in [-0.05, 0) is 42.3 Å². The molecule has 0 aliphatic rings. The summed E-state index contributed by atoms with van der Waals surface area (Å²) in [5.41, 5.74) is 5.10. The molecule has 3 heterocycles. The minimum Gasteiger partial charge on any atom is -0.346 e. The van der Waals surface area contributed by atoms with Gasteiger partial charge in [0.1, 0.15) is 5.65 Å². The monoisotopic (exact) mass is 328 g/mol. The Hall–Kier alpha value is -3.47. The van der Waals surface area contributed by atoms with Gasteiger partial charge in [0.05, 0.1) is 5.56 Å². The largest absolute Gasteiger partial charge is 0.346 e. The normalized spacial score (nSPS) is 10.8. The second kappa shape index (κ2) is 6.20. The summed E-state index contributed by atoms with van der Waals surface area (Å²) in [6.07, 6.45) is 6.96. The van der Waals surface area contributed by atoms with Gasteiger partial charge in [0.15, 0.2) is 0 Å². The maximum atomic E-state index is 12.8. The number of nitrogens with one attached hydrogen (secondary N) is 2. The zero-order chi connectivity index (χ0) is 17.2. The van der Waals surface area contributed by atoms with E-state index in [2.05, 4.69) is 20.3 Å². The number of aromatic amines is 1. The molecule has 0 saturated carbocycles. The second-order valence-corrected chi connectivity index (χ2v) is 5.82. The fraction of sp³-hybridized carbons (Fsp3) is 0.0500. The topological polar surface area (TPSA) is 70.7 Å². The van der Waals surface area contributed by atoms with E-state index in [4.69, 9.17) is 0 Å². The summed E-state index contributed by atoms with van der Waals surface area (Å²) in [7, 11) is 0. The minimum atomic E-state index is -0.154. The van der Waals surface area contributed by atoms with Gasteiger partial charge in [-0.1, -0.05) is 18.2 Å². The van der Waals surface area contributed by atoms with Crippen molar-refractivity contribution in [3.8, 4) is 11.1 Å². The van der Waals surface area contributed by atoms with Gasteiger partial charge < -0.3 is 10.3 Å². The van der Waals surface area contributed by atoms with Crippen LogP contribution in [0.5, 0.6) is 0 Å². The van der Waals surface area contributed by atoms with Crippen LogP contribution >= 0.6 is 0 Å². The quantitative estimate of drug-likeness (QED) is 0.592. The van der Waals surface area contributed by atoms with E-state index in [0.717, 1.165) is 27.8 Å². The Morgan fingerprint density at radius 3 is 2.84 bits per heavy atom. The van der Waals surface area contributed by atoms with Gasteiger partial charge in [-0.25, -0.2) is 4.98 Å². The van der Waals surface area contributed by atoms with Gasteiger partial charge in [-0.2, -0.15) is 0 Å². The predicted octanol–water partition coefficient (Wildman–Crippen LogP) is 4.19. The first-order chi connectivity index (χ1) is 12.2. The highest BCUT2D eigenvalue weighted by Gasteiger charge is 2.13. The number of carbonyl (C=O) groups is 1. The van der Waals surface area contributed by atoms with E-state index in [-0.39, 0.29) is 5.91 Å². The number of carbonyl (C=O) groups excluding carboxylic acids is 1. The number of pyridine rings is 2. The Morgan fingerprint density at radius 1 is 1.08 bits per heavy atom. The number of aromatic nitrogens is 3. The molecule has 0 aliphatic carbocycles. The lowest BCUT2D eigenvalue weighted by molar-refractivity contribution is 0.102. The summed E-state index contributed by atoms with van der Waals surface area (Å²) in [5, 5.41) is 3.82. The molecular weight excluding hydrogens is 312 g/mol. The molecule has 5 nitrogen and oxygen atoms in total. The van der Waals surface area contributed by atoms with Crippen molar-refractivity contribution < 1.29 is 4.79 Å². The van der Waals surface area contributed by atoms with Crippen molar-refractivity contribution in [2.24, 2.45) is 0 Å². The summed E-state index contributed by atoms with van der Waals surface area (Å²) in [5.74, 6) is -0.154. The number of rotatable bonds is 3. The molecule has 4 aromatic rings. The van der Waals surface area contributed by atoms with E-state index in [9.17, 15) is 4.79 Å². The van der Waals surface area contributed by atoms with Crippen molar-refractivity contribution in [3.05, 3.63) is 78.4 Å². The zero-order valence-corrected chi connectivity index (χ0v) is 13.7. The molecule has 0 saturated heterocycles. The molecule has 1 amide bonds. The van der Waals surface area contributed by atoms with Crippen LogP contribution in [-0.2, 0) is 0 Å². The first kappa shape index (κ1) is 15.1. The van der Waals surface area contributed by atoms with Crippen LogP contribution < -0.4 is 5.32 Å². The third kappa shape index (κ3) is 2.87. The van der Waals surface area contributed by atoms with Crippen molar-refractivity contribution in [2.45, 2.75) is 6.92 Å². The van der Waals surface area contributed by atoms with Crippen LogP contribution in [0.25, 0.3) is 22.2 Å². The molecule has 0 fully saturated rings. The van der Waals surface area contributed by atoms with E-state index in [1.54, 1.807) is 24.7 Å². The molecule has 25 heavy (non-hydrogen) atoms. The van der Waals surface area contributed by atoms with E-state index < -0.39 is 0 Å². The van der Waals surface area contributed by atoms with Crippen LogP contribution in [0.3, 0.4) is 0 Å². The molecule has 4 rings (SSSR count). The highest BCUT2D eigenvalue weighted by molar-refractivity contribution is 6.12. The standard InChI is InChI=1S/C20H16N4O/c1-13-4-5-14(15-3-2-8-21-12-15)11-18(13)24-20(25)17-7-10-23-19-16(17)6-9-22-19/h2-12H,1H3,(H,22,23)(H,24,25). The van der Waals surface area contributed by atoms with Gasteiger partial charge >= 0.3 is 0 Å². The van der Waals surface area contributed by atoms with Crippen molar-refractivity contribution >= 4 is 22.6 Å². The molecule has 122 valence electrons. The van der Waals surface area contributed by atoms with Crippen LogP contribution in [0.2, 0.25) is 0 Å². The molecule has 0 aliphatic heterocycles. The maximum Gasteiger partial charge on any atom is 0.256 e.